The molecule has 1 aromatic heterocycles. The van der Waals surface area contributed by atoms with Gasteiger partial charge in [0, 0.05) is 17.7 Å². The maximum Gasteiger partial charge on any atom is 0.182 e. The van der Waals surface area contributed by atoms with Gasteiger partial charge in [-0.25, -0.2) is 4.98 Å². The van der Waals surface area contributed by atoms with Gasteiger partial charge in [-0.1, -0.05) is 29.3 Å². The van der Waals surface area contributed by atoms with Crippen LogP contribution in [-0.2, 0) is 12.8 Å². The van der Waals surface area contributed by atoms with Gasteiger partial charge in [0.15, 0.2) is 5.78 Å². The Kier molecular flexibility index (Phi) is 3.23. The number of carbonyl (C=O) groups is 1. The molecule has 2 nitrogen and oxygen atoms in total. The van der Waals surface area contributed by atoms with E-state index in [-0.39, 0.29) is 5.78 Å². The van der Waals surface area contributed by atoms with Gasteiger partial charge in [-0.15, -0.1) is 11.3 Å². The minimum absolute atomic E-state index is 0.226. The van der Waals surface area contributed by atoms with Crippen molar-refractivity contribution in [3.63, 3.8) is 0 Å². The van der Waals surface area contributed by atoms with Crippen molar-refractivity contribution in [3.05, 3.63) is 50.5 Å². The van der Waals surface area contributed by atoms with Crippen LogP contribution in [0.2, 0.25) is 0 Å². The smallest absolute Gasteiger partial charge is 0.182 e. The summed E-state index contributed by atoms with van der Waals surface area (Å²) >= 11 is 1.71. The summed E-state index contributed by atoms with van der Waals surface area (Å²) in [5.41, 5.74) is 4.60. The van der Waals surface area contributed by atoms with E-state index in [0.717, 1.165) is 30.0 Å². The number of aryl methyl sites for hydroxylation is 3. The average molecular weight is 271 g/mol. The first-order valence-corrected chi connectivity index (χ1v) is 7.52. The lowest BCUT2D eigenvalue weighted by Gasteiger charge is -2.06. The maximum absolute atomic E-state index is 11.8. The normalized spacial score (nSPS) is 14.5. The third kappa shape index (κ3) is 2.61. The van der Waals surface area contributed by atoms with Crippen LogP contribution in [0.5, 0.6) is 0 Å². The molecule has 0 unspecified atom stereocenters. The van der Waals surface area contributed by atoms with Crippen molar-refractivity contribution in [2.24, 2.45) is 0 Å². The van der Waals surface area contributed by atoms with Crippen LogP contribution in [0, 0.1) is 13.8 Å². The van der Waals surface area contributed by atoms with Crippen molar-refractivity contribution in [1.82, 2.24) is 4.98 Å². The van der Waals surface area contributed by atoms with Crippen molar-refractivity contribution in [1.29, 1.82) is 0 Å². The van der Waals surface area contributed by atoms with Gasteiger partial charge in [0.05, 0.1) is 5.01 Å². The van der Waals surface area contributed by atoms with E-state index in [9.17, 15) is 4.79 Å². The Labute approximate surface area is 117 Å². The molecule has 0 radical (unpaired) electrons. The van der Waals surface area contributed by atoms with E-state index in [1.807, 2.05) is 0 Å². The third-order valence-corrected chi connectivity index (χ3v) is 4.57. The molecule has 1 aromatic carbocycles. The minimum Gasteiger partial charge on any atom is -0.292 e. The monoisotopic (exact) mass is 271 g/mol. The van der Waals surface area contributed by atoms with E-state index in [1.54, 1.807) is 11.3 Å². The van der Waals surface area contributed by atoms with Crippen molar-refractivity contribution in [2.75, 3.05) is 0 Å². The van der Waals surface area contributed by atoms with Crippen LogP contribution >= 0.6 is 11.3 Å². The molecule has 0 spiro atoms. The Bertz CT molecular complexity index is 622. The lowest BCUT2D eigenvalue weighted by Crippen LogP contribution is -2.08. The number of hydrogen-bond donors (Lipinski definition) is 0. The number of thiazole rings is 1. The number of benzene rings is 1. The Balaban J connectivity index is 1.89. The van der Waals surface area contributed by atoms with Gasteiger partial charge in [-0.2, -0.15) is 0 Å². The van der Waals surface area contributed by atoms with Crippen molar-refractivity contribution >= 4 is 17.1 Å². The second-order valence-electron chi connectivity index (χ2n) is 5.33. The summed E-state index contributed by atoms with van der Waals surface area (Å²) in [6.45, 7) is 4.24. The number of aromatic nitrogens is 1. The van der Waals surface area contributed by atoms with Gasteiger partial charge in [0.25, 0.3) is 0 Å². The highest BCUT2D eigenvalue weighted by Gasteiger charge is 2.22. The van der Waals surface area contributed by atoms with Crippen molar-refractivity contribution in [3.8, 4) is 0 Å². The summed E-state index contributed by atoms with van der Waals surface area (Å²) in [7, 11) is 0. The SMILES string of the molecule is Cc1cc(C)cc(Cc2nc3c(s2)CCCC3=O)c1. The Morgan fingerprint density at radius 3 is 2.58 bits per heavy atom. The van der Waals surface area contributed by atoms with Crippen LogP contribution in [0.3, 0.4) is 0 Å². The molecule has 1 aliphatic rings. The lowest BCUT2D eigenvalue weighted by atomic mass is 10.0. The molecule has 3 rings (SSSR count). The van der Waals surface area contributed by atoms with Crippen LogP contribution in [-0.4, -0.2) is 10.8 Å². The van der Waals surface area contributed by atoms with Crippen LogP contribution in [0.25, 0.3) is 0 Å². The van der Waals surface area contributed by atoms with E-state index < -0.39 is 0 Å². The fraction of sp³-hybridized carbons (Fsp3) is 0.375. The molecular weight excluding hydrogens is 254 g/mol. The van der Waals surface area contributed by atoms with Gasteiger partial charge in [-0.05, 0) is 32.3 Å². The molecule has 0 amide bonds. The van der Waals surface area contributed by atoms with Gasteiger partial charge in [0.1, 0.15) is 5.69 Å². The molecule has 19 heavy (non-hydrogen) atoms. The molecule has 1 heterocycles. The first-order chi connectivity index (χ1) is 9.11. The number of carbonyl (C=O) groups excluding carboxylic acids is 1. The number of ketones is 1. The summed E-state index contributed by atoms with van der Waals surface area (Å²) in [4.78, 5) is 17.5. The summed E-state index contributed by atoms with van der Waals surface area (Å²) < 4.78 is 0. The first kappa shape index (κ1) is 12.5. The molecule has 3 heteroatoms. The second-order valence-corrected chi connectivity index (χ2v) is 6.50. The van der Waals surface area contributed by atoms with E-state index in [0.29, 0.717) is 6.42 Å². The molecule has 0 saturated carbocycles. The van der Waals surface area contributed by atoms with E-state index >= 15 is 0 Å². The summed E-state index contributed by atoms with van der Waals surface area (Å²) in [5.74, 6) is 0.226. The highest BCUT2D eigenvalue weighted by molar-refractivity contribution is 7.12. The zero-order valence-corrected chi connectivity index (χ0v) is 12.1. The molecule has 2 aromatic rings. The highest BCUT2D eigenvalue weighted by atomic mass is 32.1. The Hall–Kier alpha value is -1.48. The van der Waals surface area contributed by atoms with Crippen LogP contribution < -0.4 is 0 Å². The molecule has 0 fully saturated rings. The average Bonchev–Trinajstić information content (AvgIpc) is 2.71. The number of Topliss-reactive ketones (excluding diaryl/α,β-unsaturated/α-hetero) is 1. The molecule has 0 N–H and O–H groups in total. The maximum atomic E-state index is 11.8. The third-order valence-electron chi connectivity index (χ3n) is 3.45. The standard InChI is InChI=1S/C16H17NOS/c1-10-6-11(2)8-12(7-10)9-15-17-16-13(18)4-3-5-14(16)19-15/h6-8H,3-5,9H2,1-2H3. The predicted molar refractivity (Wildman–Crippen MR) is 78.1 cm³/mol. The van der Waals surface area contributed by atoms with Crippen LogP contribution in [0.1, 0.15) is 49.9 Å². The van der Waals surface area contributed by atoms with E-state index in [1.165, 1.54) is 21.6 Å². The molecule has 1 aliphatic carbocycles. The molecule has 0 aliphatic heterocycles. The molecule has 98 valence electrons. The zero-order chi connectivity index (χ0) is 13.4. The first-order valence-electron chi connectivity index (χ1n) is 6.71. The fourth-order valence-electron chi connectivity index (χ4n) is 2.74. The van der Waals surface area contributed by atoms with E-state index in [2.05, 4.69) is 37.0 Å². The van der Waals surface area contributed by atoms with Crippen molar-refractivity contribution < 1.29 is 4.79 Å². The van der Waals surface area contributed by atoms with Gasteiger partial charge < -0.3 is 0 Å². The lowest BCUT2D eigenvalue weighted by molar-refractivity contribution is 0.0968. The van der Waals surface area contributed by atoms with Gasteiger partial charge in [-0.3, -0.25) is 4.79 Å². The highest BCUT2D eigenvalue weighted by Crippen LogP contribution is 2.28. The summed E-state index contributed by atoms with van der Waals surface area (Å²) in [6.07, 6.45) is 3.51. The fourth-order valence-corrected chi connectivity index (χ4v) is 3.90. The van der Waals surface area contributed by atoms with Crippen molar-refractivity contribution in [2.45, 2.75) is 39.5 Å². The number of fused-ring (bicyclic) bond motifs is 1. The quantitative estimate of drug-likeness (QED) is 0.830. The molecular formula is C16H17NOS. The largest absolute Gasteiger partial charge is 0.292 e. The van der Waals surface area contributed by atoms with Crippen LogP contribution in [0.4, 0.5) is 0 Å². The Morgan fingerprint density at radius 1 is 1.16 bits per heavy atom. The number of nitrogens with zero attached hydrogens (tertiary/aromatic N) is 1. The summed E-state index contributed by atoms with van der Waals surface area (Å²) in [5, 5.41) is 1.07. The van der Waals surface area contributed by atoms with Gasteiger partial charge in [0.2, 0.25) is 0 Å². The Morgan fingerprint density at radius 2 is 1.89 bits per heavy atom. The molecule has 0 saturated heterocycles. The molecule has 0 atom stereocenters. The summed E-state index contributed by atoms with van der Waals surface area (Å²) in [6, 6.07) is 6.59. The van der Waals surface area contributed by atoms with Gasteiger partial charge >= 0.3 is 0 Å². The van der Waals surface area contributed by atoms with Crippen LogP contribution in [0.15, 0.2) is 18.2 Å². The van der Waals surface area contributed by atoms with E-state index in [4.69, 9.17) is 0 Å². The zero-order valence-electron chi connectivity index (χ0n) is 11.3. The molecule has 0 bridgehead atoms. The minimum atomic E-state index is 0.226. The number of hydrogen-bond acceptors (Lipinski definition) is 3. The topological polar surface area (TPSA) is 30.0 Å². The predicted octanol–water partition coefficient (Wildman–Crippen LogP) is 3.87. The second kappa shape index (κ2) is 4.89. The number of rotatable bonds is 2.